The van der Waals surface area contributed by atoms with Gasteiger partial charge in [0.25, 0.3) is 0 Å². The van der Waals surface area contributed by atoms with Crippen LogP contribution in [0.5, 0.6) is 0 Å². The Kier molecular flexibility index (Phi) is 9.50. The molecule has 1 aliphatic rings. The Morgan fingerprint density at radius 2 is 0.900 bits per heavy atom. The van der Waals surface area contributed by atoms with E-state index >= 15 is 0 Å². The van der Waals surface area contributed by atoms with Crippen molar-refractivity contribution < 1.29 is 0 Å². The van der Waals surface area contributed by atoms with Crippen LogP contribution in [0.3, 0.4) is 0 Å². The molecule has 0 saturated heterocycles. The number of rotatable bonds is 7. The normalized spacial score (nSPS) is 13.0. The van der Waals surface area contributed by atoms with Crippen molar-refractivity contribution >= 4 is 114 Å². The molecule has 1 aliphatic carbocycles. The van der Waals surface area contributed by atoms with E-state index in [1.54, 1.807) is 0 Å². The third kappa shape index (κ3) is 6.45. The van der Waals surface area contributed by atoms with Crippen molar-refractivity contribution in [3.63, 3.8) is 0 Å². The Balaban J connectivity index is 0.953. The molecule has 11 aromatic carbocycles. The minimum atomic E-state index is -0.137. The molecule has 16 aromatic rings. The number of para-hydroxylation sites is 5. The van der Waals surface area contributed by atoms with Gasteiger partial charge in [-0.05, 0) is 112 Å². The maximum atomic E-state index is 5.72. The van der Waals surface area contributed by atoms with Crippen LogP contribution in [0.1, 0.15) is 25.0 Å². The number of benzene rings is 11. The number of fused-ring (bicyclic) bond motifs is 16. The second-order valence-corrected chi connectivity index (χ2v) is 22.7. The minimum absolute atomic E-state index is 0.137. The number of anilines is 3. The largest absolute Gasteiger partial charge is 0.309 e. The van der Waals surface area contributed by atoms with E-state index in [9.17, 15) is 0 Å². The molecule has 0 bridgehead atoms. The average molecular weight is 1040 g/mol. The third-order valence-electron chi connectivity index (χ3n) is 16.9. The summed E-state index contributed by atoms with van der Waals surface area (Å²) in [5, 5.41) is 9.41. The van der Waals surface area contributed by atoms with E-state index in [1.807, 2.05) is 11.3 Å². The zero-order chi connectivity index (χ0) is 52.8. The summed E-state index contributed by atoms with van der Waals surface area (Å²) in [6.07, 6.45) is 0. The van der Waals surface area contributed by atoms with E-state index in [1.165, 1.54) is 53.2 Å². The van der Waals surface area contributed by atoms with Crippen molar-refractivity contribution in [3.05, 3.63) is 260 Å². The van der Waals surface area contributed by atoms with E-state index < -0.39 is 0 Å². The quantitative estimate of drug-likeness (QED) is 0.160. The molecule has 17 rings (SSSR count). The van der Waals surface area contributed by atoms with Gasteiger partial charge < -0.3 is 4.57 Å². The third-order valence-corrected chi connectivity index (χ3v) is 18.1. The number of nitrogens with zero attached hydrogens (tertiary/aromatic N) is 7. The molecule has 7 nitrogen and oxygen atoms in total. The second-order valence-electron chi connectivity index (χ2n) is 21.6. The Morgan fingerprint density at radius 3 is 1.66 bits per heavy atom. The highest BCUT2D eigenvalue weighted by molar-refractivity contribution is 7.26. The summed E-state index contributed by atoms with van der Waals surface area (Å²) >= 11 is 1.84. The summed E-state index contributed by atoms with van der Waals surface area (Å²) in [7, 11) is 0. The lowest BCUT2D eigenvalue weighted by Crippen LogP contribution is -2.18. The van der Waals surface area contributed by atoms with Gasteiger partial charge in [0.1, 0.15) is 0 Å². The van der Waals surface area contributed by atoms with Crippen LogP contribution >= 0.6 is 11.3 Å². The van der Waals surface area contributed by atoms with Gasteiger partial charge in [0.05, 0.1) is 38.8 Å². The van der Waals surface area contributed by atoms with Crippen molar-refractivity contribution in [1.82, 2.24) is 28.7 Å². The van der Waals surface area contributed by atoms with Gasteiger partial charge in [-0.25, -0.2) is 0 Å². The van der Waals surface area contributed by atoms with Crippen LogP contribution in [-0.2, 0) is 5.41 Å². The number of thiophene rings is 1. The lowest BCUT2D eigenvalue weighted by Gasteiger charge is -2.24. The fourth-order valence-electron chi connectivity index (χ4n) is 13.3. The van der Waals surface area contributed by atoms with Crippen molar-refractivity contribution in [2.75, 3.05) is 4.90 Å². The maximum Gasteiger partial charge on any atom is 0.241 e. The maximum absolute atomic E-state index is 5.72. The van der Waals surface area contributed by atoms with E-state index in [4.69, 9.17) is 15.0 Å². The summed E-state index contributed by atoms with van der Waals surface area (Å²) < 4.78 is 9.39. The molecule has 0 atom stereocenters. The molecule has 0 radical (unpaired) electrons. The fourth-order valence-corrected chi connectivity index (χ4v) is 14.5. The zero-order valence-electron chi connectivity index (χ0n) is 43.7. The lowest BCUT2D eigenvalue weighted by atomic mass is 9.81. The molecule has 80 heavy (non-hydrogen) atoms. The topological polar surface area (TPSA) is 56.7 Å². The highest BCUT2D eigenvalue weighted by Gasteiger charge is 2.35. The zero-order valence-corrected chi connectivity index (χ0v) is 44.5. The first kappa shape index (κ1) is 44.9. The molecule has 0 amide bonds. The molecular formula is C72H47N7S. The SMILES string of the molecule is CC1(C)c2ccccc2-c2ccc(-c3ccc4c5ccccc5n(-c5nc(N(c6ccccc6)c6ccc7c8ccccc8n(-c8ccccc8)c7c6)nc(-n6c7ccccc7c7c8sc9ccccc9c8ccc76)n5)c4c3)cc21. The summed E-state index contributed by atoms with van der Waals surface area (Å²) in [5.41, 5.74) is 16.6. The molecule has 5 aromatic heterocycles. The van der Waals surface area contributed by atoms with E-state index in [2.05, 4.69) is 281 Å². The minimum Gasteiger partial charge on any atom is -0.309 e. The van der Waals surface area contributed by atoms with Crippen molar-refractivity contribution in [3.8, 4) is 39.8 Å². The van der Waals surface area contributed by atoms with Crippen LogP contribution in [0.25, 0.3) is 125 Å². The van der Waals surface area contributed by atoms with Crippen LogP contribution in [-0.4, -0.2) is 28.7 Å². The van der Waals surface area contributed by atoms with Gasteiger partial charge in [0.2, 0.25) is 17.8 Å². The molecule has 376 valence electrons. The van der Waals surface area contributed by atoms with Crippen molar-refractivity contribution in [1.29, 1.82) is 0 Å². The predicted octanol–water partition coefficient (Wildman–Crippen LogP) is 19.0. The van der Waals surface area contributed by atoms with Gasteiger partial charge >= 0.3 is 0 Å². The Hall–Kier alpha value is -10.2. The molecule has 0 fully saturated rings. The highest BCUT2D eigenvalue weighted by Crippen LogP contribution is 2.50. The molecule has 5 heterocycles. The van der Waals surface area contributed by atoms with Crippen LogP contribution in [0.2, 0.25) is 0 Å². The average Bonchev–Trinajstić information content (AvgIpc) is 4.46. The number of hydrogen-bond donors (Lipinski definition) is 0. The first-order chi connectivity index (χ1) is 39.4. The molecule has 0 N–H and O–H groups in total. The smallest absolute Gasteiger partial charge is 0.241 e. The molecular weight excluding hydrogens is 995 g/mol. The van der Waals surface area contributed by atoms with Gasteiger partial charge in [0.15, 0.2) is 0 Å². The van der Waals surface area contributed by atoms with Gasteiger partial charge in [-0.3, -0.25) is 14.0 Å². The van der Waals surface area contributed by atoms with E-state index in [-0.39, 0.29) is 5.41 Å². The molecule has 0 spiro atoms. The van der Waals surface area contributed by atoms with E-state index in [0.717, 1.165) is 82.8 Å². The first-order valence-electron chi connectivity index (χ1n) is 27.3. The molecule has 0 saturated carbocycles. The fraction of sp³-hybridized carbons (Fsp3) is 0.0417. The van der Waals surface area contributed by atoms with Gasteiger partial charge in [0, 0.05) is 69.3 Å². The Labute approximate surface area is 464 Å². The lowest BCUT2D eigenvalue weighted by molar-refractivity contribution is 0.660. The predicted molar refractivity (Wildman–Crippen MR) is 333 cm³/mol. The van der Waals surface area contributed by atoms with Gasteiger partial charge in [-0.1, -0.05) is 184 Å². The first-order valence-corrected chi connectivity index (χ1v) is 28.1. The van der Waals surface area contributed by atoms with Crippen LogP contribution < -0.4 is 4.90 Å². The summed E-state index contributed by atoms with van der Waals surface area (Å²) in [6, 6.07) is 89.9. The van der Waals surface area contributed by atoms with Crippen molar-refractivity contribution in [2.24, 2.45) is 0 Å². The monoisotopic (exact) mass is 1040 g/mol. The summed E-state index contributed by atoms with van der Waals surface area (Å²) in [6.45, 7) is 4.70. The number of hydrogen-bond acceptors (Lipinski definition) is 5. The standard InChI is InChI=1S/C72H47N7S/c1-72(2)58-28-14-9-23-49(58)50-36-33-44(41-59(50)72)45-34-37-53-52-25-11-16-30-61(52)79(64(53)42-45)71-74-69(73-70(75-71)78-62-31-17-12-27-57(62)67-63(78)40-39-56-55-26-13-18-32-66(55)80-68(56)67)76(46-19-5-3-6-20-46)48-35-38-54-51-24-10-15-29-60(51)77(65(54)43-48)47-21-7-4-8-22-47/h3-43H,1-2H3. The number of aromatic nitrogens is 6. The van der Waals surface area contributed by atoms with Crippen LogP contribution in [0.4, 0.5) is 17.3 Å². The Morgan fingerprint density at radius 1 is 0.362 bits per heavy atom. The van der Waals surface area contributed by atoms with E-state index in [0.29, 0.717) is 17.8 Å². The van der Waals surface area contributed by atoms with Gasteiger partial charge in [-0.2, -0.15) is 15.0 Å². The second kappa shape index (κ2) is 16.9. The highest BCUT2D eigenvalue weighted by atomic mass is 32.1. The molecule has 8 heteroatoms. The Bertz CT molecular complexity index is 5240. The van der Waals surface area contributed by atoms with Crippen LogP contribution in [0.15, 0.2) is 249 Å². The van der Waals surface area contributed by atoms with Crippen molar-refractivity contribution in [2.45, 2.75) is 19.3 Å². The summed E-state index contributed by atoms with van der Waals surface area (Å²) in [5.74, 6) is 1.50. The molecule has 0 aliphatic heterocycles. The van der Waals surface area contributed by atoms with Gasteiger partial charge in [-0.15, -0.1) is 11.3 Å². The summed E-state index contributed by atoms with van der Waals surface area (Å²) in [4.78, 5) is 19.3. The molecule has 0 unspecified atom stereocenters. The van der Waals surface area contributed by atoms with Crippen LogP contribution in [0, 0.1) is 0 Å².